The molecule has 4 rings (SSSR count). The summed E-state index contributed by atoms with van der Waals surface area (Å²) in [5.41, 5.74) is 3.15. The van der Waals surface area contributed by atoms with Gasteiger partial charge in [-0.3, -0.25) is 4.90 Å². The van der Waals surface area contributed by atoms with E-state index in [2.05, 4.69) is 30.8 Å². The van der Waals surface area contributed by atoms with Crippen molar-refractivity contribution in [2.75, 3.05) is 6.61 Å². The third kappa shape index (κ3) is 2.33. The van der Waals surface area contributed by atoms with Gasteiger partial charge in [-0.25, -0.2) is 4.79 Å². The van der Waals surface area contributed by atoms with E-state index < -0.39 is 0 Å². The molecule has 23 heavy (non-hydrogen) atoms. The number of hydrogen-bond donors (Lipinski definition) is 0. The van der Waals surface area contributed by atoms with E-state index in [-0.39, 0.29) is 17.7 Å². The standard InChI is InChI=1S/C20H19NO2/c1-15-12-20(15,13-16-8-4-2-5-9-16)21-18(14-23-19(21)22)17-10-6-3-7-11-17/h2-11,18H,1,12-14H2/t18-,20+/m1/s1. The zero-order valence-corrected chi connectivity index (χ0v) is 12.9. The Balaban J connectivity index is 1.68. The van der Waals surface area contributed by atoms with Gasteiger partial charge in [0.25, 0.3) is 0 Å². The molecule has 0 spiro atoms. The monoisotopic (exact) mass is 305 g/mol. The number of nitrogens with zero attached hydrogens (tertiary/aromatic N) is 1. The molecule has 2 aromatic rings. The molecule has 1 aliphatic heterocycles. The number of carbonyl (C=O) groups excluding carboxylic acids is 1. The van der Waals surface area contributed by atoms with Crippen LogP contribution in [-0.4, -0.2) is 23.1 Å². The summed E-state index contributed by atoms with van der Waals surface area (Å²) in [5.74, 6) is 0. The number of cyclic esters (lactones) is 1. The van der Waals surface area contributed by atoms with Gasteiger partial charge < -0.3 is 4.74 Å². The van der Waals surface area contributed by atoms with Crippen LogP contribution in [0.3, 0.4) is 0 Å². The summed E-state index contributed by atoms with van der Waals surface area (Å²) in [7, 11) is 0. The molecule has 0 bridgehead atoms. The predicted octanol–water partition coefficient (Wildman–Crippen LogP) is 4.12. The topological polar surface area (TPSA) is 29.5 Å². The minimum atomic E-state index is -0.296. The Morgan fingerprint density at radius 1 is 1.09 bits per heavy atom. The first kappa shape index (κ1) is 14.1. The normalized spacial score (nSPS) is 26.3. The molecule has 0 unspecified atom stereocenters. The summed E-state index contributed by atoms with van der Waals surface area (Å²) in [6.45, 7) is 4.58. The highest BCUT2D eigenvalue weighted by Gasteiger charge is 2.58. The first-order valence-corrected chi connectivity index (χ1v) is 7.94. The van der Waals surface area contributed by atoms with E-state index >= 15 is 0 Å². The lowest BCUT2D eigenvalue weighted by molar-refractivity contribution is 0.141. The molecule has 1 saturated heterocycles. The quantitative estimate of drug-likeness (QED) is 0.795. The molecule has 3 nitrogen and oxygen atoms in total. The Kier molecular flexibility index (Phi) is 3.22. The maximum Gasteiger partial charge on any atom is 0.411 e. The van der Waals surface area contributed by atoms with E-state index in [0.717, 1.165) is 24.0 Å². The molecule has 1 saturated carbocycles. The second-order valence-corrected chi connectivity index (χ2v) is 6.35. The summed E-state index contributed by atoms with van der Waals surface area (Å²) in [5, 5.41) is 0. The number of amides is 1. The average Bonchev–Trinajstić information content (AvgIpc) is 3.04. The van der Waals surface area contributed by atoms with Gasteiger partial charge >= 0.3 is 6.09 Å². The minimum Gasteiger partial charge on any atom is -0.447 e. The minimum absolute atomic E-state index is 0.0355. The first-order chi connectivity index (χ1) is 11.2. The van der Waals surface area contributed by atoms with Crippen LogP contribution in [0.25, 0.3) is 0 Å². The molecule has 116 valence electrons. The lowest BCUT2D eigenvalue weighted by Crippen LogP contribution is -2.41. The van der Waals surface area contributed by atoms with Crippen LogP contribution in [0.15, 0.2) is 72.8 Å². The summed E-state index contributed by atoms with van der Waals surface area (Å²) in [6.07, 6.45) is 1.42. The number of rotatable bonds is 4. The van der Waals surface area contributed by atoms with Gasteiger partial charge in [0.2, 0.25) is 0 Å². The molecule has 0 radical (unpaired) electrons. The van der Waals surface area contributed by atoms with E-state index in [1.807, 2.05) is 41.3 Å². The molecular weight excluding hydrogens is 286 g/mol. The van der Waals surface area contributed by atoms with Crippen LogP contribution in [0.5, 0.6) is 0 Å². The van der Waals surface area contributed by atoms with Crippen molar-refractivity contribution in [3.05, 3.63) is 83.9 Å². The summed E-state index contributed by atoms with van der Waals surface area (Å²) >= 11 is 0. The van der Waals surface area contributed by atoms with E-state index in [9.17, 15) is 4.79 Å². The van der Waals surface area contributed by atoms with Gasteiger partial charge in [-0.2, -0.15) is 0 Å². The first-order valence-electron chi connectivity index (χ1n) is 7.94. The molecule has 0 aromatic heterocycles. The van der Waals surface area contributed by atoms with Gasteiger partial charge in [-0.05, 0) is 23.1 Å². The smallest absolute Gasteiger partial charge is 0.411 e. The summed E-state index contributed by atoms with van der Waals surface area (Å²) < 4.78 is 5.39. The van der Waals surface area contributed by atoms with Crippen LogP contribution in [0, 0.1) is 0 Å². The van der Waals surface area contributed by atoms with Crippen molar-refractivity contribution in [2.24, 2.45) is 0 Å². The second-order valence-electron chi connectivity index (χ2n) is 6.35. The van der Waals surface area contributed by atoms with Gasteiger partial charge in [0.1, 0.15) is 6.61 Å². The average molecular weight is 305 g/mol. The summed E-state index contributed by atoms with van der Waals surface area (Å²) in [4.78, 5) is 14.4. The fourth-order valence-corrected chi connectivity index (χ4v) is 3.59. The molecule has 0 N–H and O–H groups in total. The maximum atomic E-state index is 12.4. The van der Waals surface area contributed by atoms with Crippen molar-refractivity contribution in [1.82, 2.24) is 4.90 Å². The zero-order chi connectivity index (χ0) is 15.9. The van der Waals surface area contributed by atoms with E-state index in [1.165, 1.54) is 5.56 Å². The van der Waals surface area contributed by atoms with Gasteiger partial charge in [0, 0.05) is 6.42 Å². The lowest BCUT2D eigenvalue weighted by atomic mass is 9.98. The highest BCUT2D eigenvalue weighted by atomic mass is 16.6. The van der Waals surface area contributed by atoms with Crippen molar-refractivity contribution in [1.29, 1.82) is 0 Å². The largest absolute Gasteiger partial charge is 0.447 e. The molecule has 2 fully saturated rings. The molecule has 2 aromatic carbocycles. The zero-order valence-electron chi connectivity index (χ0n) is 12.9. The Labute approximate surface area is 136 Å². The molecule has 2 aliphatic rings. The Morgan fingerprint density at radius 3 is 2.30 bits per heavy atom. The van der Waals surface area contributed by atoms with Crippen molar-refractivity contribution >= 4 is 6.09 Å². The molecule has 3 heteroatoms. The highest BCUT2D eigenvalue weighted by molar-refractivity contribution is 5.74. The van der Waals surface area contributed by atoms with Crippen LogP contribution < -0.4 is 0 Å². The van der Waals surface area contributed by atoms with Crippen LogP contribution in [0.2, 0.25) is 0 Å². The van der Waals surface area contributed by atoms with Crippen LogP contribution in [0.4, 0.5) is 4.79 Å². The summed E-state index contributed by atoms with van der Waals surface area (Å²) in [6, 6.07) is 20.4. The van der Waals surface area contributed by atoms with Crippen molar-refractivity contribution in [3.63, 3.8) is 0 Å². The Bertz CT molecular complexity index is 741. The Morgan fingerprint density at radius 2 is 1.70 bits per heavy atom. The van der Waals surface area contributed by atoms with E-state index in [4.69, 9.17) is 4.74 Å². The molecule has 1 aliphatic carbocycles. The molecule has 2 atom stereocenters. The predicted molar refractivity (Wildman–Crippen MR) is 89.0 cm³/mol. The van der Waals surface area contributed by atoms with Crippen LogP contribution in [-0.2, 0) is 11.2 Å². The van der Waals surface area contributed by atoms with Crippen LogP contribution >= 0.6 is 0 Å². The van der Waals surface area contributed by atoms with Crippen molar-refractivity contribution in [3.8, 4) is 0 Å². The highest BCUT2D eigenvalue weighted by Crippen LogP contribution is 2.54. The molecule has 1 amide bonds. The van der Waals surface area contributed by atoms with Crippen molar-refractivity contribution in [2.45, 2.75) is 24.4 Å². The fourth-order valence-electron chi connectivity index (χ4n) is 3.59. The van der Waals surface area contributed by atoms with E-state index in [1.54, 1.807) is 0 Å². The fraction of sp³-hybridized carbons (Fsp3) is 0.250. The Hall–Kier alpha value is -2.55. The number of carbonyl (C=O) groups is 1. The SMILES string of the molecule is C=C1C[C@@]1(Cc1ccccc1)N1C(=O)OC[C@@H]1c1ccccc1. The number of benzene rings is 2. The number of ether oxygens (including phenoxy) is 1. The van der Waals surface area contributed by atoms with Crippen molar-refractivity contribution < 1.29 is 9.53 Å². The van der Waals surface area contributed by atoms with Gasteiger partial charge in [-0.1, -0.05) is 67.2 Å². The molecular formula is C20H19NO2. The van der Waals surface area contributed by atoms with Gasteiger partial charge in [0.05, 0.1) is 11.6 Å². The van der Waals surface area contributed by atoms with Crippen LogP contribution in [0.1, 0.15) is 23.6 Å². The van der Waals surface area contributed by atoms with Gasteiger partial charge in [0.15, 0.2) is 0 Å². The van der Waals surface area contributed by atoms with Gasteiger partial charge in [-0.15, -0.1) is 0 Å². The molecule has 1 heterocycles. The second kappa shape index (κ2) is 5.27. The number of hydrogen-bond acceptors (Lipinski definition) is 2. The lowest BCUT2D eigenvalue weighted by Gasteiger charge is -2.31. The third-order valence-electron chi connectivity index (χ3n) is 4.90. The maximum absolute atomic E-state index is 12.4. The van der Waals surface area contributed by atoms with E-state index in [0.29, 0.717) is 6.61 Å². The third-order valence-corrected chi connectivity index (χ3v) is 4.90.